The summed E-state index contributed by atoms with van der Waals surface area (Å²) < 4.78 is 10.2. The monoisotopic (exact) mass is 190 g/mol. The van der Waals surface area contributed by atoms with Gasteiger partial charge in [0.15, 0.2) is 0 Å². The Labute approximate surface area is 81.9 Å². The molecule has 1 heterocycles. The number of fused-ring (bicyclic) bond motifs is 1. The molecule has 0 saturated heterocycles. The van der Waals surface area contributed by atoms with Crippen LogP contribution in [0.15, 0.2) is 30.5 Å². The maximum Gasteiger partial charge on any atom is 0.308 e. The first kappa shape index (κ1) is 8.81. The summed E-state index contributed by atoms with van der Waals surface area (Å²) in [6.45, 7) is 1.38. The second-order valence-corrected chi connectivity index (χ2v) is 3.06. The molecule has 1 aliphatic heterocycles. The first-order valence-electron chi connectivity index (χ1n) is 4.39. The average Bonchev–Trinajstić information content (AvgIpc) is 2.17. The summed E-state index contributed by atoms with van der Waals surface area (Å²) >= 11 is 0. The molecule has 0 bridgehead atoms. The van der Waals surface area contributed by atoms with E-state index in [1.165, 1.54) is 6.92 Å². The Hall–Kier alpha value is -1.77. The van der Waals surface area contributed by atoms with Gasteiger partial charge in [0.2, 0.25) is 0 Å². The first-order chi connectivity index (χ1) is 6.75. The molecule has 0 saturated carbocycles. The van der Waals surface area contributed by atoms with Crippen molar-refractivity contribution in [1.29, 1.82) is 0 Å². The molecule has 0 aliphatic carbocycles. The number of carbonyl (C=O) groups is 1. The Bertz CT molecular complexity index is 394. The van der Waals surface area contributed by atoms with Crippen LogP contribution in [-0.4, -0.2) is 5.97 Å². The van der Waals surface area contributed by atoms with Gasteiger partial charge in [0.05, 0.1) is 6.26 Å². The molecule has 1 aromatic rings. The Kier molecular flexibility index (Phi) is 2.23. The molecule has 1 aromatic carbocycles. The molecule has 14 heavy (non-hydrogen) atoms. The third-order valence-corrected chi connectivity index (χ3v) is 1.92. The summed E-state index contributed by atoms with van der Waals surface area (Å²) in [6.07, 6.45) is 4.39. The normalized spacial score (nSPS) is 12.9. The Morgan fingerprint density at radius 3 is 3.14 bits per heavy atom. The summed E-state index contributed by atoms with van der Waals surface area (Å²) in [4.78, 5) is 10.7. The zero-order valence-corrected chi connectivity index (χ0v) is 7.82. The molecule has 1 aliphatic rings. The fourth-order valence-corrected chi connectivity index (χ4v) is 1.36. The molecule has 3 nitrogen and oxygen atoms in total. The minimum absolute atomic E-state index is 0.308. The van der Waals surface area contributed by atoms with Gasteiger partial charge in [0.25, 0.3) is 0 Å². The lowest BCUT2D eigenvalue weighted by molar-refractivity contribution is -0.131. The minimum atomic E-state index is -0.308. The lowest BCUT2D eigenvalue weighted by Gasteiger charge is -2.12. The van der Waals surface area contributed by atoms with Gasteiger partial charge in [0, 0.05) is 12.5 Å². The average molecular weight is 190 g/mol. The van der Waals surface area contributed by atoms with E-state index in [9.17, 15) is 4.79 Å². The largest absolute Gasteiger partial charge is 0.465 e. The number of ether oxygens (including phenoxy) is 2. The maximum absolute atomic E-state index is 10.7. The van der Waals surface area contributed by atoms with Gasteiger partial charge in [-0.2, -0.15) is 0 Å². The second-order valence-electron chi connectivity index (χ2n) is 3.06. The molecule has 0 radical (unpaired) electrons. The van der Waals surface area contributed by atoms with E-state index < -0.39 is 0 Å². The van der Waals surface area contributed by atoms with Gasteiger partial charge in [-0.1, -0.05) is 0 Å². The minimum Gasteiger partial charge on any atom is -0.465 e. The van der Waals surface area contributed by atoms with E-state index in [-0.39, 0.29) is 5.97 Å². The van der Waals surface area contributed by atoms with Crippen molar-refractivity contribution in [2.75, 3.05) is 0 Å². The third kappa shape index (κ3) is 1.76. The number of esters is 1. The van der Waals surface area contributed by atoms with Gasteiger partial charge >= 0.3 is 5.97 Å². The molecule has 0 amide bonds. The van der Waals surface area contributed by atoms with Gasteiger partial charge in [-0.25, -0.2) is 0 Å². The van der Waals surface area contributed by atoms with Crippen molar-refractivity contribution < 1.29 is 14.3 Å². The fraction of sp³-hybridized carbons (Fsp3) is 0.182. The number of benzene rings is 1. The molecule has 72 valence electrons. The highest BCUT2D eigenvalue weighted by atomic mass is 16.5. The van der Waals surface area contributed by atoms with Crippen molar-refractivity contribution >= 4 is 5.97 Å². The highest BCUT2D eigenvalue weighted by Crippen LogP contribution is 2.27. The zero-order chi connectivity index (χ0) is 9.97. The van der Waals surface area contributed by atoms with Gasteiger partial charge in [0.1, 0.15) is 11.5 Å². The van der Waals surface area contributed by atoms with Gasteiger partial charge in [-0.15, -0.1) is 0 Å². The van der Waals surface area contributed by atoms with E-state index in [1.54, 1.807) is 18.4 Å². The van der Waals surface area contributed by atoms with Gasteiger partial charge in [-0.05, 0) is 30.7 Å². The van der Waals surface area contributed by atoms with Crippen LogP contribution in [0.4, 0.5) is 0 Å². The Morgan fingerprint density at radius 2 is 2.36 bits per heavy atom. The van der Waals surface area contributed by atoms with Crippen LogP contribution >= 0.6 is 0 Å². The van der Waals surface area contributed by atoms with E-state index >= 15 is 0 Å². The molecule has 0 aromatic heterocycles. The summed E-state index contributed by atoms with van der Waals surface area (Å²) in [5.74, 6) is 1.08. The molecule has 0 atom stereocenters. The summed E-state index contributed by atoms with van der Waals surface area (Å²) in [5.41, 5.74) is 1.03. The van der Waals surface area contributed by atoms with Crippen LogP contribution in [0, 0.1) is 0 Å². The van der Waals surface area contributed by atoms with E-state index in [4.69, 9.17) is 9.47 Å². The van der Waals surface area contributed by atoms with E-state index in [2.05, 4.69) is 0 Å². The molecule has 0 N–H and O–H groups in total. The van der Waals surface area contributed by atoms with Crippen LogP contribution in [-0.2, 0) is 11.2 Å². The highest BCUT2D eigenvalue weighted by Gasteiger charge is 2.08. The summed E-state index contributed by atoms with van der Waals surface area (Å²) in [6, 6.07) is 5.34. The smallest absolute Gasteiger partial charge is 0.308 e. The molecule has 0 unspecified atom stereocenters. The van der Waals surface area contributed by atoms with Crippen LogP contribution in [0.2, 0.25) is 0 Å². The lowest BCUT2D eigenvalue weighted by Crippen LogP contribution is -2.03. The van der Waals surface area contributed by atoms with Crippen LogP contribution in [0.1, 0.15) is 12.5 Å². The fourth-order valence-electron chi connectivity index (χ4n) is 1.36. The van der Waals surface area contributed by atoms with Crippen LogP contribution in [0.5, 0.6) is 11.5 Å². The zero-order valence-electron chi connectivity index (χ0n) is 7.82. The third-order valence-electron chi connectivity index (χ3n) is 1.92. The highest BCUT2D eigenvalue weighted by molar-refractivity contribution is 5.69. The van der Waals surface area contributed by atoms with Gasteiger partial charge < -0.3 is 9.47 Å². The second kappa shape index (κ2) is 3.54. The quantitative estimate of drug-likeness (QED) is 0.502. The van der Waals surface area contributed by atoms with Crippen LogP contribution in [0.3, 0.4) is 0 Å². The van der Waals surface area contributed by atoms with Crippen LogP contribution < -0.4 is 9.47 Å². The predicted molar refractivity (Wildman–Crippen MR) is 51.2 cm³/mol. The SMILES string of the molecule is CC(=O)Oc1ccc2c(c1)CC=CO2. The van der Waals surface area contributed by atoms with Crippen molar-refractivity contribution in [2.24, 2.45) is 0 Å². The summed E-state index contributed by atoms with van der Waals surface area (Å²) in [5, 5.41) is 0. The topological polar surface area (TPSA) is 35.5 Å². The molecule has 3 heteroatoms. The number of hydrogen-bond acceptors (Lipinski definition) is 3. The molecule has 0 fully saturated rings. The Balaban J connectivity index is 2.27. The van der Waals surface area contributed by atoms with E-state index in [0.29, 0.717) is 5.75 Å². The van der Waals surface area contributed by atoms with Crippen molar-refractivity contribution in [2.45, 2.75) is 13.3 Å². The van der Waals surface area contributed by atoms with Gasteiger partial charge in [-0.3, -0.25) is 4.79 Å². The number of hydrogen-bond donors (Lipinski definition) is 0. The van der Waals surface area contributed by atoms with Crippen molar-refractivity contribution in [3.63, 3.8) is 0 Å². The molecule has 0 spiro atoms. The summed E-state index contributed by atoms with van der Waals surface area (Å²) in [7, 11) is 0. The Morgan fingerprint density at radius 1 is 1.50 bits per heavy atom. The van der Waals surface area contributed by atoms with E-state index in [1.807, 2.05) is 12.1 Å². The number of allylic oxidation sites excluding steroid dienone is 1. The van der Waals surface area contributed by atoms with E-state index in [0.717, 1.165) is 17.7 Å². The number of rotatable bonds is 1. The predicted octanol–water partition coefficient (Wildman–Crippen LogP) is 2.06. The van der Waals surface area contributed by atoms with Crippen molar-refractivity contribution in [3.05, 3.63) is 36.1 Å². The molecular weight excluding hydrogens is 180 g/mol. The lowest BCUT2D eigenvalue weighted by atomic mass is 10.1. The first-order valence-corrected chi connectivity index (χ1v) is 4.39. The number of carbonyl (C=O) groups excluding carboxylic acids is 1. The standard InChI is InChI=1S/C11H10O3/c1-8(12)14-10-4-5-11-9(7-10)3-2-6-13-11/h2,4-7H,3H2,1H3. The van der Waals surface area contributed by atoms with Crippen molar-refractivity contribution in [3.8, 4) is 11.5 Å². The van der Waals surface area contributed by atoms with Crippen LogP contribution in [0.25, 0.3) is 0 Å². The maximum atomic E-state index is 10.7. The molecule has 2 rings (SSSR count). The van der Waals surface area contributed by atoms with Crippen molar-refractivity contribution in [1.82, 2.24) is 0 Å². The molecular formula is C11H10O3.